The highest BCUT2D eigenvalue weighted by Gasteiger charge is 2.20. The van der Waals surface area contributed by atoms with Gasteiger partial charge in [-0.05, 0) is 25.8 Å². The number of nitrogens with zero attached hydrogens (tertiary/aromatic N) is 2. The van der Waals surface area contributed by atoms with Crippen molar-refractivity contribution < 1.29 is 19.4 Å². The first-order chi connectivity index (χ1) is 9.94. The van der Waals surface area contributed by atoms with E-state index in [1.807, 2.05) is 11.6 Å². The maximum Gasteiger partial charge on any atom is 0.334 e. The molecular formula is C14H23N3O4. The van der Waals surface area contributed by atoms with Crippen LogP contribution in [-0.4, -0.2) is 46.5 Å². The predicted octanol–water partition coefficient (Wildman–Crippen LogP) is 1.38. The summed E-state index contributed by atoms with van der Waals surface area (Å²) in [5.74, 6) is -1.51. The van der Waals surface area contributed by atoms with Crippen LogP contribution in [0.2, 0.25) is 0 Å². The lowest BCUT2D eigenvalue weighted by Crippen LogP contribution is -2.38. The molecule has 0 aliphatic rings. The molecule has 0 saturated carbocycles. The summed E-state index contributed by atoms with van der Waals surface area (Å²) in [6, 6.07) is 1.97. The Balaban J connectivity index is 2.75. The lowest BCUT2D eigenvalue weighted by molar-refractivity contribution is -0.148. The Morgan fingerprint density at radius 1 is 1.43 bits per heavy atom. The van der Waals surface area contributed by atoms with Crippen LogP contribution in [0.15, 0.2) is 6.07 Å². The van der Waals surface area contributed by atoms with E-state index in [4.69, 9.17) is 9.84 Å². The molecule has 118 valence electrons. The molecule has 1 unspecified atom stereocenters. The van der Waals surface area contributed by atoms with Gasteiger partial charge in [-0.2, -0.15) is 5.10 Å². The number of aryl methyl sites for hydroxylation is 1. The molecule has 1 aromatic heterocycles. The van der Waals surface area contributed by atoms with E-state index in [1.54, 1.807) is 6.07 Å². The van der Waals surface area contributed by atoms with Gasteiger partial charge in [0.2, 0.25) is 0 Å². The summed E-state index contributed by atoms with van der Waals surface area (Å²) in [7, 11) is 1.29. The van der Waals surface area contributed by atoms with Crippen LogP contribution < -0.4 is 5.32 Å². The topological polar surface area (TPSA) is 93.5 Å². The average molecular weight is 297 g/mol. The maximum absolute atomic E-state index is 12.0. The molecule has 1 rings (SSSR count). The zero-order chi connectivity index (χ0) is 16.0. The van der Waals surface area contributed by atoms with E-state index >= 15 is 0 Å². The molecule has 2 N–H and O–H groups in total. The molecule has 1 aromatic rings. The Morgan fingerprint density at radius 2 is 2.05 bits per heavy atom. The van der Waals surface area contributed by atoms with E-state index in [1.165, 1.54) is 7.11 Å². The Kier molecular flexibility index (Phi) is 6.36. The minimum Gasteiger partial charge on any atom is -0.479 e. The maximum atomic E-state index is 12.0. The fourth-order valence-electron chi connectivity index (χ4n) is 2.15. The fraction of sp³-hybridized carbons (Fsp3) is 0.643. The van der Waals surface area contributed by atoms with Crippen molar-refractivity contribution >= 4 is 11.9 Å². The smallest absolute Gasteiger partial charge is 0.334 e. The van der Waals surface area contributed by atoms with Gasteiger partial charge in [-0.25, -0.2) is 4.79 Å². The van der Waals surface area contributed by atoms with Crippen LogP contribution in [-0.2, 0) is 9.53 Å². The van der Waals surface area contributed by atoms with Gasteiger partial charge in [0, 0.05) is 12.8 Å². The Morgan fingerprint density at radius 3 is 2.52 bits per heavy atom. The number of rotatable bonds is 8. The van der Waals surface area contributed by atoms with Crippen molar-refractivity contribution in [3.63, 3.8) is 0 Å². The number of aliphatic carboxylic acids is 1. The van der Waals surface area contributed by atoms with Crippen LogP contribution in [0, 0.1) is 6.92 Å². The summed E-state index contributed by atoms with van der Waals surface area (Å²) >= 11 is 0. The number of carbonyl (C=O) groups excluding carboxylic acids is 1. The number of amides is 1. The highest BCUT2D eigenvalue weighted by atomic mass is 16.5. The first-order valence-corrected chi connectivity index (χ1v) is 7.04. The van der Waals surface area contributed by atoms with E-state index in [0.29, 0.717) is 5.69 Å². The first kappa shape index (κ1) is 17.2. The third-order valence-corrected chi connectivity index (χ3v) is 3.45. The van der Waals surface area contributed by atoms with Crippen LogP contribution in [0.4, 0.5) is 0 Å². The van der Waals surface area contributed by atoms with Crippen LogP contribution >= 0.6 is 0 Å². The highest BCUT2D eigenvalue weighted by molar-refractivity contribution is 5.92. The van der Waals surface area contributed by atoms with E-state index in [2.05, 4.69) is 24.3 Å². The van der Waals surface area contributed by atoms with E-state index < -0.39 is 18.0 Å². The second-order valence-corrected chi connectivity index (χ2v) is 4.86. The molecule has 0 spiro atoms. The second kappa shape index (κ2) is 7.78. The second-order valence-electron chi connectivity index (χ2n) is 4.86. The summed E-state index contributed by atoms with van der Waals surface area (Å²) in [4.78, 5) is 22.8. The number of carboxylic acid groups (broad SMARTS) is 1. The van der Waals surface area contributed by atoms with E-state index in [-0.39, 0.29) is 12.6 Å². The zero-order valence-electron chi connectivity index (χ0n) is 12.9. The third kappa shape index (κ3) is 4.29. The lowest BCUT2D eigenvalue weighted by Gasteiger charge is -2.14. The van der Waals surface area contributed by atoms with Crippen molar-refractivity contribution in [2.75, 3.05) is 13.7 Å². The largest absolute Gasteiger partial charge is 0.479 e. The van der Waals surface area contributed by atoms with E-state index in [9.17, 15) is 9.59 Å². The summed E-state index contributed by atoms with van der Waals surface area (Å²) < 4.78 is 6.61. The van der Waals surface area contributed by atoms with Crippen LogP contribution in [0.25, 0.3) is 0 Å². The van der Waals surface area contributed by atoms with Gasteiger partial charge >= 0.3 is 5.97 Å². The van der Waals surface area contributed by atoms with E-state index in [0.717, 1.165) is 18.5 Å². The Labute approximate surface area is 124 Å². The monoisotopic (exact) mass is 297 g/mol. The molecular weight excluding hydrogens is 274 g/mol. The molecule has 0 fully saturated rings. The molecule has 0 radical (unpaired) electrons. The first-order valence-electron chi connectivity index (χ1n) is 7.04. The summed E-state index contributed by atoms with van der Waals surface area (Å²) in [6.45, 7) is 5.95. The molecule has 0 saturated heterocycles. The minimum atomic E-state index is -1.11. The van der Waals surface area contributed by atoms with Gasteiger partial charge in [0.15, 0.2) is 6.10 Å². The number of hydrogen-bond acceptors (Lipinski definition) is 4. The molecule has 1 atom stereocenters. The fourth-order valence-corrected chi connectivity index (χ4v) is 2.15. The van der Waals surface area contributed by atoms with Crippen LogP contribution in [0.5, 0.6) is 0 Å². The summed E-state index contributed by atoms with van der Waals surface area (Å²) in [6.07, 6.45) is 0.812. The van der Waals surface area contributed by atoms with Crippen molar-refractivity contribution in [3.05, 3.63) is 17.5 Å². The van der Waals surface area contributed by atoms with Crippen molar-refractivity contribution in [1.29, 1.82) is 0 Å². The summed E-state index contributed by atoms with van der Waals surface area (Å²) in [5, 5.41) is 15.7. The predicted molar refractivity (Wildman–Crippen MR) is 77.3 cm³/mol. The van der Waals surface area contributed by atoms with Gasteiger partial charge in [-0.1, -0.05) is 13.8 Å². The number of nitrogens with one attached hydrogen (secondary N) is 1. The zero-order valence-corrected chi connectivity index (χ0v) is 12.9. The van der Waals surface area contributed by atoms with Crippen molar-refractivity contribution in [1.82, 2.24) is 15.1 Å². The highest BCUT2D eigenvalue weighted by Crippen LogP contribution is 2.17. The lowest BCUT2D eigenvalue weighted by atomic mass is 10.2. The number of carboxylic acids is 1. The van der Waals surface area contributed by atoms with Crippen LogP contribution in [0.3, 0.4) is 0 Å². The number of hydrogen-bond donors (Lipinski definition) is 2. The normalized spacial score (nSPS) is 12.4. The van der Waals surface area contributed by atoms with Crippen molar-refractivity contribution in [2.24, 2.45) is 0 Å². The number of ether oxygens (including phenoxy) is 1. The standard InChI is InChI=1S/C14H23N3O4/c1-5-10(6-2)17-9(3)7-11(16-17)13(18)15-8-12(21-4)14(19)20/h7,10,12H,5-6,8H2,1-4H3,(H,15,18)(H,19,20). The van der Waals surface area contributed by atoms with Crippen molar-refractivity contribution in [2.45, 2.75) is 45.8 Å². The molecule has 0 bridgehead atoms. The molecule has 1 amide bonds. The van der Waals surface area contributed by atoms with Gasteiger partial charge in [0.05, 0.1) is 12.6 Å². The van der Waals surface area contributed by atoms with Gasteiger partial charge in [0.1, 0.15) is 5.69 Å². The van der Waals surface area contributed by atoms with Crippen molar-refractivity contribution in [3.8, 4) is 0 Å². The molecule has 21 heavy (non-hydrogen) atoms. The molecule has 7 nitrogen and oxygen atoms in total. The molecule has 0 aromatic carbocycles. The molecule has 0 aliphatic heterocycles. The average Bonchev–Trinajstić information content (AvgIpc) is 2.83. The summed E-state index contributed by atoms with van der Waals surface area (Å²) in [5.41, 5.74) is 1.20. The molecule has 0 aliphatic carbocycles. The number of carbonyl (C=O) groups is 2. The van der Waals surface area contributed by atoms with Gasteiger partial charge in [-0.3, -0.25) is 9.48 Å². The van der Waals surface area contributed by atoms with Gasteiger partial charge in [0.25, 0.3) is 5.91 Å². The third-order valence-electron chi connectivity index (χ3n) is 3.45. The number of methoxy groups -OCH3 is 1. The number of aromatic nitrogens is 2. The van der Waals surface area contributed by atoms with Gasteiger partial charge < -0.3 is 15.2 Å². The Bertz CT molecular complexity index is 494. The van der Waals surface area contributed by atoms with Gasteiger partial charge in [-0.15, -0.1) is 0 Å². The SMILES string of the molecule is CCC(CC)n1nc(C(=O)NCC(OC)C(=O)O)cc1C. The molecule has 1 heterocycles. The minimum absolute atomic E-state index is 0.0957. The molecule has 7 heteroatoms. The Hall–Kier alpha value is -1.89. The quantitative estimate of drug-likeness (QED) is 0.756. The van der Waals surface area contributed by atoms with Crippen LogP contribution in [0.1, 0.15) is 48.9 Å².